The van der Waals surface area contributed by atoms with E-state index in [1.807, 2.05) is 59.5 Å². The number of urea groups is 1. The summed E-state index contributed by atoms with van der Waals surface area (Å²) in [5, 5.41) is 3.03. The summed E-state index contributed by atoms with van der Waals surface area (Å²) >= 11 is 3.42. The number of halogens is 1. The Bertz CT molecular complexity index is 598. The monoisotopic (exact) mass is 330 g/mol. The minimum atomic E-state index is 0.00164. The summed E-state index contributed by atoms with van der Waals surface area (Å²) in [7, 11) is 0. The standard InChI is InChI=1S/C16H15BrN2O/c17-14-8-6-12(7-9-14)10-19-11-15(18-16(19)20)13-4-2-1-3-5-13/h1-9,15H,10-11H2,(H,18,20)/t15-/m1/s1. The minimum absolute atomic E-state index is 0.00164. The average Bonchev–Trinajstić information content (AvgIpc) is 2.84. The molecule has 0 aromatic heterocycles. The average molecular weight is 331 g/mol. The van der Waals surface area contributed by atoms with E-state index in [-0.39, 0.29) is 12.1 Å². The molecule has 1 heterocycles. The highest BCUT2D eigenvalue weighted by Gasteiger charge is 2.29. The molecule has 3 nitrogen and oxygen atoms in total. The lowest BCUT2D eigenvalue weighted by Gasteiger charge is -2.15. The zero-order valence-electron chi connectivity index (χ0n) is 10.9. The molecule has 1 aliphatic rings. The number of rotatable bonds is 3. The lowest BCUT2D eigenvalue weighted by atomic mass is 10.1. The lowest BCUT2D eigenvalue weighted by molar-refractivity contribution is 0.215. The number of benzene rings is 2. The number of carbonyl (C=O) groups is 1. The van der Waals surface area contributed by atoms with E-state index in [1.54, 1.807) is 0 Å². The lowest BCUT2D eigenvalue weighted by Crippen LogP contribution is -2.27. The van der Waals surface area contributed by atoms with Crippen LogP contribution in [0.4, 0.5) is 4.79 Å². The van der Waals surface area contributed by atoms with Crippen molar-refractivity contribution >= 4 is 22.0 Å². The maximum atomic E-state index is 12.0. The van der Waals surface area contributed by atoms with Crippen molar-refractivity contribution in [1.82, 2.24) is 10.2 Å². The smallest absolute Gasteiger partial charge is 0.318 e. The fourth-order valence-corrected chi connectivity index (χ4v) is 2.67. The molecular formula is C16H15BrN2O. The van der Waals surface area contributed by atoms with Crippen LogP contribution in [0.25, 0.3) is 0 Å². The molecule has 4 heteroatoms. The fraction of sp³-hybridized carbons (Fsp3) is 0.188. The number of nitrogens with one attached hydrogen (secondary N) is 1. The van der Waals surface area contributed by atoms with Crippen LogP contribution in [0, 0.1) is 0 Å². The Kier molecular flexibility index (Phi) is 3.74. The minimum Gasteiger partial charge on any atom is -0.329 e. The molecule has 0 radical (unpaired) electrons. The van der Waals surface area contributed by atoms with Crippen LogP contribution in [0.2, 0.25) is 0 Å². The SMILES string of the molecule is O=C1N[C@@H](c2ccccc2)CN1Cc1ccc(Br)cc1. The predicted molar refractivity (Wildman–Crippen MR) is 82.3 cm³/mol. The van der Waals surface area contributed by atoms with Gasteiger partial charge in [-0.2, -0.15) is 0 Å². The number of amides is 2. The Morgan fingerprint density at radius 1 is 1.10 bits per heavy atom. The largest absolute Gasteiger partial charge is 0.329 e. The Morgan fingerprint density at radius 3 is 2.50 bits per heavy atom. The highest BCUT2D eigenvalue weighted by molar-refractivity contribution is 9.10. The van der Waals surface area contributed by atoms with E-state index in [4.69, 9.17) is 0 Å². The summed E-state index contributed by atoms with van der Waals surface area (Å²) in [5.41, 5.74) is 2.29. The van der Waals surface area contributed by atoms with E-state index in [2.05, 4.69) is 21.2 Å². The van der Waals surface area contributed by atoms with Gasteiger partial charge in [-0.25, -0.2) is 4.79 Å². The van der Waals surface area contributed by atoms with Crippen molar-refractivity contribution in [2.45, 2.75) is 12.6 Å². The summed E-state index contributed by atoms with van der Waals surface area (Å²) < 4.78 is 1.05. The molecule has 1 atom stereocenters. The van der Waals surface area contributed by atoms with Gasteiger partial charge in [-0.3, -0.25) is 0 Å². The van der Waals surface area contributed by atoms with E-state index in [9.17, 15) is 4.79 Å². The third-order valence-corrected chi connectivity index (χ3v) is 4.01. The van der Waals surface area contributed by atoms with Crippen molar-refractivity contribution in [2.24, 2.45) is 0 Å². The molecule has 20 heavy (non-hydrogen) atoms. The second kappa shape index (κ2) is 5.67. The number of carbonyl (C=O) groups excluding carboxylic acids is 1. The van der Waals surface area contributed by atoms with E-state index >= 15 is 0 Å². The first-order valence-electron chi connectivity index (χ1n) is 6.57. The van der Waals surface area contributed by atoms with Gasteiger partial charge in [0.15, 0.2) is 0 Å². The number of nitrogens with zero attached hydrogens (tertiary/aromatic N) is 1. The van der Waals surface area contributed by atoms with Crippen LogP contribution >= 0.6 is 15.9 Å². The van der Waals surface area contributed by atoms with Gasteiger partial charge in [0.05, 0.1) is 6.04 Å². The second-order valence-corrected chi connectivity index (χ2v) is 5.84. The van der Waals surface area contributed by atoms with Gasteiger partial charge in [-0.15, -0.1) is 0 Å². The van der Waals surface area contributed by atoms with Crippen LogP contribution in [0.1, 0.15) is 17.2 Å². The van der Waals surface area contributed by atoms with E-state index in [0.29, 0.717) is 13.1 Å². The van der Waals surface area contributed by atoms with Crippen molar-refractivity contribution in [2.75, 3.05) is 6.54 Å². The Labute approximate surface area is 126 Å². The topological polar surface area (TPSA) is 32.3 Å². The molecule has 2 amide bonds. The van der Waals surface area contributed by atoms with Crippen molar-refractivity contribution in [3.63, 3.8) is 0 Å². The first-order valence-corrected chi connectivity index (χ1v) is 7.36. The molecule has 1 saturated heterocycles. The fourth-order valence-electron chi connectivity index (χ4n) is 2.41. The zero-order valence-corrected chi connectivity index (χ0v) is 12.5. The molecule has 0 unspecified atom stereocenters. The molecule has 1 aliphatic heterocycles. The van der Waals surface area contributed by atoms with Crippen LogP contribution in [0.15, 0.2) is 59.1 Å². The number of hydrogen-bond acceptors (Lipinski definition) is 1. The summed E-state index contributed by atoms with van der Waals surface area (Å²) in [6.45, 7) is 1.35. The van der Waals surface area contributed by atoms with Gasteiger partial charge in [0, 0.05) is 17.6 Å². The van der Waals surface area contributed by atoms with Crippen LogP contribution in [0.3, 0.4) is 0 Å². The van der Waals surface area contributed by atoms with Crippen molar-refractivity contribution < 1.29 is 4.79 Å². The third-order valence-electron chi connectivity index (χ3n) is 3.48. The van der Waals surface area contributed by atoms with Gasteiger partial charge in [-0.05, 0) is 23.3 Å². The van der Waals surface area contributed by atoms with Gasteiger partial charge in [0.2, 0.25) is 0 Å². The summed E-state index contributed by atoms with van der Waals surface area (Å²) in [4.78, 5) is 13.9. The van der Waals surface area contributed by atoms with Crippen LogP contribution in [-0.4, -0.2) is 17.5 Å². The molecule has 0 saturated carbocycles. The first kappa shape index (κ1) is 13.2. The van der Waals surface area contributed by atoms with Gasteiger partial charge in [-0.1, -0.05) is 58.4 Å². The molecule has 2 aromatic carbocycles. The number of hydrogen-bond donors (Lipinski definition) is 1. The molecule has 0 aliphatic carbocycles. The summed E-state index contributed by atoms with van der Waals surface area (Å²) in [5.74, 6) is 0. The quantitative estimate of drug-likeness (QED) is 0.914. The molecule has 3 rings (SSSR count). The highest BCUT2D eigenvalue weighted by atomic mass is 79.9. The summed E-state index contributed by atoms with van der Waals surface area (Å²) in [6.07, 6.45) is 0. The van der Waals surface area contributed by atoms with Crippen LogP contribution in [0.5, 0.6) is 0 Å². The molecule has 0 bridgehead atoms. The zero-order chi connectivity index (χ0) is 13.9. The molecule has 1 fully saturated rings. The normalized spacial score (nSPS) is 18.1. The second-order valence-electron chi connectivity index (χ2n) is 4.92. The van der Waals surface area contributed by atoms with E-state index in [1.165, 1.54) is 0 Å². The molecule has 2 aromatic rings. The predicted octanol–water partition coefficient (Wildman–Crippen LogP) is 3.72. The van der Waals surface area contributed by atoms with Gasteiger partial charge >= 0.3 is 6.03 Å². The van der Waals surface area contributed by atoms with Crippen molar-refractivity contribution in [3.8, 4) is 0 Å². The van der Waals surface area contributed by atoms with Crippen LogP contribution in [-0.2, 0) is 6.54 Å². The highest BCUT2D eigenvalue weighted by Crippen LogP contribution is 2.22. The molecular weight excluding hydrogens is 316 g/mol. The van der Waals surface area contributed by atoms with Gasteiger partial charge < -0.3 is 10.2 Å². The maximum Gasteiger partial charge on any atom is 0.318 e. The van der Waals surface area contributed by atoms with Gasteiger partial charge in [0.1, 0.15) is 0 Å². The first-order chi connectivity index (χ1) is 9.72. The third kappa shape index (κ3) is 2.85. The van der Waals surface area contributed by atoms with E-state index < -0.39 is 0 Å². The molecule has 1 N–H and O–H groups in total. The Balaban J connectivity index is 1.70. The maximum absolute atomic E-state index is 12.0. The Hall–Kier alpha value is -1.81. The van der Waals surface area contributed by atoms with E-state index in [0.717, 1.165) is 15.6 Å². The van der Waals surface area contributed by atoms with Crippen molar-refractivity contribution in [3.05, 3.63) is 70.2 Å². The molecule has 102 valence electrons. The van der Waals surface area contributed by atoms with Crippen molar-refractivity contribution in [1.29, 1.82) is 0 Å². The summed E-state index contributed by atoms with van der Waals surface area (Å²) in [6, 6.07) is 18.2. The van der Waals surface area contributed by atoms with Crippen LogP contribution < -0.4 is 5.32 Å². The van der Waals surface area contributed by atoms with Gasteiger partial charge in [0.25, 0.3) is 0 Å². The molecule has 0 spiro atoms. The Morgan fingerprint density at radius 2 is 1.80 bits per heavy atom.